The third-order valence-corrected chi connectivity index (χ3v) is 4.34. The van der Waals surface area contributed by atoms with Crippen LogP contribution in [0.3, 0.4) is 0 Å². The van der Waals surface area contributed by atoms with Gasteiger partial charge in [-0.05, 0) is 24.7 Å². The predicted octanol–water partition coefficient (Wildman–Crippen LogP) is 3.61. The standard InChI is InChI=1S/C13H22O/c1-4-10-6-12-8-14-9(3)13(12)7-11(10)5-2/h10-13H,3-8H2,1-2H3. The summed E-state index contributed by atoms with van der Waals surface area (Å²) in [5.41, 5.74) is 0. The van der Waals surface area contributed by atoms with Crippen molar-refractivity contribution < 1.29 is 4.74 Å². The smallest absolute Gasteiger partial charge is 0.0923 e. The molecule has 0 aromatic heterocycles. The Labute approximate surface area is 87.5 Å². The average molecular weight is 194 g/mol. The van der Waals surface area contributed by atoms with E-state index in [1.807, 2.05) is 0 Å². The van der Waals surface area contributed by atoms with Gasteiger partial charge in [-0.3, -0.25) is 0 Å². The third kappa shape index (κ3) is 1.57. The molecule has 0 spiro atoms. The molecule has 14 heavy (non-hydrogen) atoms. The molecule has 0 N–H and O–H groups in total. The fourth-order valence-corrected chi connectivity index (χ4v) is 3.36. The van der Waals surface area contributed by atoms with E-state index in [1.54, 1.807) is 0 Å². The maximum absolute atomic E-state index is 5.59. The monoisotopic (exact) mass is 194 g/mol. The SMILES string of the molecule is C=C1OCC2CC(CC)C(CC)CC12. The molecule has 0 amide bonds. The molecule has 1 nitrogen and oxygen atoms in total. The quantitative estimate of drug-likeness (QED) is 0.652. The van der Waals surface area contributed by atoms with Crippen LogP contribution in [0.25, 0.3) is 0 Å². The topological polar surface area (TPSA) is 9.23 Å². The van der Waals surface area contributed by atoms with E-state index < -0.39 is 0 Å². The molecule has 0 bridgehead atoms. The molecule has 1 saturated heterocycles. The van der Waals surface area contributed by atoms with Crippen LogP contribution in [0.15, 0.2) is 12.3 Å². The van der Waals surface area contributed by atoms with Crippen LogP contribution in [0.2, 0.25) is 0 Å². The number of ether oxygens (including phenoxy) is 1. The van der Waals surface area contributed by atoms with Crippen molar-refractivity contribution >= 4 is 0 Å². The van der Waals surface area contributed by atoms with Gasteiger partial charge in [0.15, 0.2) is 0 Å². The van der Waals surface area contributed by atoms with Crippen molar-refractivity contribution in [3.63, 3.8) is 0 Å². The van der Waals surface area contributed by atoms with E-state index in [2.05, 4.69) is 20.4 Å². The van der Waals surface area contributed by atoms with Gasteiger partial charge < -0.3 is 4.74 Å². The summed E-state index contributed by atoms with van der Waals surface area (Å²) in [4.78, 5) is 0. The highest BCUT2D eigenvalue weighted by Gasteiger charge is 2.41. The second-order valence-electron chi connectivity index (χ2n) is 4.95. The van der Waals surface area contributed by atoms with Crippen molar-refractivity contribution in [1.82, 2.24) is 0 Å². The van der Waals surface area contributed by atoms with Gasteiger partial charge >= 0.3 is 0 Å². The molecule has 1 saturated carbocycles. The Morgan fingerprint density at radius 3 is 2.50 bits per heavy atom. The lowest BCUT2D eigenvalue weighted by atomic mass is 9.67. The van der Waals surface area contributed by atoms with E-state index in [9.17, 15) is 0 Å². The van der Waals surface area contributed by atoms with Gasteiger partial charge in [0.2, 0.25) is 0 Å². The molecule has 80 valence electrons. The van der Waals surface area contributed by atoms with Crippen molar-refractivity contribution in [3.05, 3.63) is 12.3 Å². The zero-order chi connectivity index (χ0) is 10.1. The molecule has 0 radical (unpaired) electrons. The highest BCUT2D eigenvalue weighted by atomic mass is 16.5. The van der Waals surface area contributed by atoms with E-state index >= 15 is 0 Å². The number of hydrogen-bond donors (Lipinski definition) is 0. The zero-order valence-corrected chi connectivity index (χ0v) is 9.46. The van der Waals surface area contributed by atoms with Gasteiger partial charge in [0.1, 0.15) is 0 Å². The maximum Gasteiger partial charge on any atom is 0.0923 e. The molecular weight excluding hydrogens is 172 g/mol. The molecular formula is C13H22O. The summed E-state index contributed by atoms with van der Waals surface area (Å²) in [6.07, 6.45) is 5.38. The first-order valence-electron chi connectivity index (χ1n) is 6.07. The lowest BCUT2D eigenvalue weighted by Gasteiger charge is -2.36. The maximum atomic E-state index is 5.59. The lowest BCUT2D eigenvalue weighted by Crippen LogP contribution is -2.30. The Morgan fingerprint density at radius 1 is 1.21 bits per heavy atom. The van der Waals surface area contributed by atoms with Crippen molar-refractivity contribution in [3.8, 4) is 0 Å². The first-order valence-corrected chi connectivity index (χ1v) is 6.07. The molecule has 2 rings (SSSR count). The summed E-state index contributed by atoms with van der Waals surface area (Å²) < 4.78 is 5.59. The van der Waals surface area contributed by atoms with Crippen LogP contribution in [0, 0.1) is 23.7 Å². The summed E-state index contributed by atoms with van der Waals surface area (Å²) >= 11 is 0. The Bertz CT molecular complexity index is 221. The first-order chi connectivity index (χ1) is 6.76. The van der Waals surface area contributed by atoms with Crippen LogP contribution in [-0.2, 0) is 4.74 Å². The molecule has 4 atom stereocenters. The summed E-state index contributed by atoms with van der Waals surface area (Å²) in [7, 11) is 0. The van der Waals surface area contributed by atoms with Crippen molar-refractivity contribution in [2.24, 2.45) is 23.7 Å². The van der Waals surface area contributed by atoms with Crippen molar-refractivity contribution in [1.29, 1.82) is 0 Å². The van der Waals surface area contributed by atoms with Crippen molar-refractivity contribution in [2.75, 3.05) is 6.61 Å². The largest absolute Gasteiger partial charge is 0.498 e. The number of rotatable bonds is 2. The number of allylic oxidation sites excluding steroid dienone is 1. The lowest BCUT2D eigenvalue weighted by molar-refractivity contribution is 0.140. The van der Waals surface area contributed by atoms with Crippen LogP contribution in [0.5, 0.6) is 0 Å². The third-order valence-electron chi connectivity index (χ3n) is 4.34. The number of hydrogen-bond acceptors (Lipinski definition) is 1. The van der Waals surface area contributed by atoms with E-state index in [-0.39, 0.29) is 0 Å². The minimum absolute atomic E-state index is 0.683. The van der Waals surface area contributed by atoms with Gasteiger partial charge in [0.05, 0.1) is 12.4 Å². The Kier molecular flexibility index (Phi) is 2.85. The van der Waals surface area contributed by atoms with Gasteiger partial charge in [0.25, 0.3) is 0 Å². The second-order valence-corrected chi connectivity index (χ2v) is 4.95. The molecule has 1 aliphatic carbocycles. The molecule has 1 heterocycles. The van der Waals surface area contributed by atoms with Crippen LogP contribution in [-0.4, -0.2) is 6.61 Å². The van der Waals surface area contributed by atoms with Gasteiger partial charge in [-0.15, -0.1) is 0 Å². The van der Waals surface area contributed by atoms with E-state index in [0.717, 1.165) is 30.1 Å². The zero-order valence-electron chi connectivity index (χ0n) is 9.46. The van der Waals surface area contributed by atoms with Gasteiger partial charge in [-0.25, -0.2) is 0 Å². The van der Waals surface area contributed by atoms with Gasteiger partial charge in [0, 0.05) is 11.8 Å². The summed E-state index contributed by atoms with van der Waals surface area (Å²) in [5, 5.41) is 0. The number of fused-ring (bicyclic) bond motifs is 1. The molecule has 1 aliphatic heterocycles. The normalized spacial score (nSPS) is 42.0. The molecule has 2 fully saturated rings. The minimum Gasteiger partial charge on any atom is -0.498 e. The van der Waals surface area contributed by atoms with E-state index in [4.69, 9.17) is 4.74 Å². The first kappa shape index (κ1) is 10.1. The van der Waals surface area contributed by atoms with E-state index in [0.29, 0.717) is 5.92 Å². The van der Waals surface area contributed by atoms with Gasteiger partial charge in [-0.1, -0.05) is 33.3 Å². The average Bonchev–Trinajstić information content (AvgIpc) is 2.58. The molecule has 0 aromatic carbocycles. The highest BCUT2D eigenvalue weighted by molar-refractivity contribution is 5.04. The van der Waals surface area contributed by atoms with Gasteiger partial charge in [-0.2, -0.15) is 0 Å². The molecule has 0 aromatic rings. The Balaban J connectivity index is 2.06. The van der Waals surface area contributed by atoms with Crippen LogP contribution < -0.4 is 0 Å². The summed E-state index contributed by atoms with van der Waals surface area (Å²) in [6, 6.07) is 0. The summed E-state index contributed by atoms with van der Waals surface area (Å²) in [5.74, 6) is 4.40. The second kappa shape index (κ2) is 3.96. The summed E-state index contributed by atoms with van der Waals surface area (Å²) in [6.45, 7) is 9.63. The van der Waals surface area contributed by atoms with E-state index in [1.165, 1.54) is 25.7 Å². The fraction of sp³-hybridized carbons (Fsp3) is 0.846. The van der Waals surface area contributed by atoms with Crippen molar-refractivity contribution in [2.45, 2.75) is 39.5 Å². The molecule has 1 heteroatoms. The Hall–Kier alpha value is -0.460. The molecule has 2 aliphatic rings. The van der Waals surface area contributed by atoms with Crippen LogP contribution >= 0.6 is 0 Å². The minimum atomic E-state index is 0.683. The van der Waals surface area contributed by atoms with Crippen LogP contribution in [0.1, 0.15) is 39.5 Å². The predicted molar refractivity (Wildman–Crippen MR) is 58.9 cm³/mol. The Morgan fingerprint density at radius 2 is 1.86 bits per heavy atom. The molecule has 4 unspecified atom stereocenters. The fourth-order valence-electron chi connectivity index (χ4n) is 3.36. The highest BCUT2D eigenvalue weighted by Crippen LogP contribution is 2.47. The van der Waals surface area contributed by atoms with Crippen LogP contribution in [0.4, 0.5) is 0 Å².